The first-order valence-electron chi connectivity index (χ1n) is 7.90. The molecule has 0 aromatic heterocycles. The SMILES string of the molecule is C=C(C)C1C(C)(CC)C1(CCC(C)(C)CC)C(=C)C. The smallest absolute Gasteiger partial charge is 0.00370 e. The Labute approximate surface area is 121 Å². The molecule has 0 aliphatic heterocycles. The number of hydrogen-bond donors (Lipinski definition) is 0. The molecule has 0 saturated heterocycles. The molecule has 0 spiro atoms. The molecule has 1 aliphatic carbocycles. The second-order valence-electron chi connectivity index (χ2n) is 7.82. The van der Waals surface area contributed by atoms with Crippen LogP contribution in [0.4, 0.5) is 0 Å². The molecule has 110 valence electrons. The van der Waals surface area contributed by atoms with Gasteiger partial charge in [0, 0.05) is 5.41 Å². The Hall–Kier alpha value is -0.520. The third kappa shape index (κ3) is 2.43. The van der Waals surface area contributed by atoms with E-state index in [1.807, 2.05) is 0 Å². The van der Waals surface area contributed by atoms with Crippen molar-refractivity contribution in [3.63, 3.8) is 0 Å². The predicted molar refractivity (Wildman–Crippen MR) is 87.3 cm³/mol. The van der Waals surface area contributed by atoms with Gasteiger partial charge in [-0.25, -0.2) is 0 Å². The highest BCUT2D eigenvalue weighted by molar-refractivity contribution is 5.38. The monoisotopic (exact) mass is 262 g/mol. The van der Waals surface area contributed by atoms with Gasteiger partial charge >= 0.3 is 0 Å². The molecule has 0 N–H and O–H groups in total. The lowest BCUT2D eigenvalue weighted by atomic mass is 9.76. The molecule has 0 heterocycles. The molecule has 0 radical (unpaired) electrons. The van der Waals surface area contributed by atoms with Gasteiger partial charge in [-0.1, -0.05) is 65.3 Å². The van der Waals surface area contributed by atoms with Crippen LogP contribution in [0.15, 0.2) is 24.3 Å². The van der Waals surface area contributed by atoms with E-state index in [-0.39, 0.29) is 0 Å². The Kier molecular flexibility index (Phi) is 4.45. The maximum atomic E-state index is 4.35. The molecule has 0 bridgehead atoms. The lowest BCUT2D eigenvalue weighted by molar-refractivity contribution is 0.261. The Morgan fingerprint density at radius 3 is 1.95 bits per heavy atom. The van der Waals surface area contributed by atoms with E-state index in [2.05, 4.69) is 61.6 Å². The van der Waals surface area contributed by atoms with Gasteiger partial charge in [-0.05, 0) is 49.9 Å². The summed E-state index contributed by atoms with van der Waals surface area (Å²) in [5.41, 5.74) is 3.85. The maximum absolute atomic E-state index is 4.35. The molecule has 0 amide bonds. The molecule has 0 aromatic rings. The van der Waals surface area contributed by atoms with Crippen LogP contribution in [0.5, 0.6) is 0 Å². The van der Waals surface area contributed by atoms with Crippen LogP contribution < -0.4 is 0 Å². The van der Waals surface area contributed by atoms with Crippen molar-refractivity contribution in [2.24, 2.45) is 22.2 Å². The van der Waals surface area contributed by atoms with Crippen molar-refractivity contribution in [3.8, 4) is 0 Å². The first-order valence-corrected chi connectivity index (χ1v) is 7.90. The zero-order chi connectivity index (χ0) is 15.1. The topological polar surface area (TPSA) is 0 Å². The highest BCUT2D eigenvalue weighted by Gasteiger charge is 2.72. The van der Waals surface area contributed by atoms with E-state index < -0.39 is 0 Å². The van der Waals surface area contributed by atoms with E-state index in [0.29, 0.717) is 22.2 Å². The molecular formula is C19H34. The fourth-order valence-corrected chi connectivity index (χ4v) is 4.33. The van der Waals surface area contributed by atoms with Crippen LogP contribution in [0.3, 0.4) is 0 Å². The summed E-state index contributed by atoms with van der Waals surface area (Å²) < 4.78 is 0. The van der Waals surface area contributed by atoms with E-state index in [0.717, 1.165) is 0 Å². The standard InChI is InChI=1S/C19H34/c1-10-17(7,8)12-13-19(15(5)6)16(14(3)4)18(19,9)11-2/h16H,3,5,10-13H2,1-2,4,6-9H3. The summed E-state index contributed by atoms with van der Waals surface area (Å²) in [7, 11) is 0. The summed E-state index contributed by atoms with van der Waals surface area (Å²) in [6, 6.07) is 0. The van der Waals surface area contributed by atoms with Gasteiger partial charge in [0.1, 0.15) is 0 Å². The predicted octanol–water partition coefficient (Wildman–Crippen LogP) is 6.39. The summed E-state index contributed by atoms with van der Waals surface area (Å²) in [6.45, 7) is 24.9. The van der Waals surface area contributed by atoms with Crippen LogP contribution in [0.25, 0.3) is 0 Å². The Morgan fingerprint density at radius 2 is 1.68 bits per heavy atom. The fourth-order valence-electron chi connectivity index (χ4n) is 4.33. The van der Waals surface area contributed by atoms with Crippen LogP contribution in [0.2, 0.25) is 0 Å². The van der Waals surface area contributed by atoms with Gasteiger partial charge in [-0.3, -0.25) is 0 Å². The van der Waals surface area contributed by atoms with E-state index in [9.17, 15) is 0 Å². The zero-order valence-electron chi connectivity index (χ0n) is 14.3. The quantitative estimate of drug-likeness (QED) is 0.466. The average Bonchev–Trinajstić information content (AvgIpc) is 2.89. The average molecular weight is 262 g/mol. The van der Waals surface area contributed by atoms with Gasteiger partial charge in [-0.15, -0.1) is 0 Å². The molecule has 1 rings (SSSR count). The molecule has 1 fully saturated rings. The van der Waals surface area contributed by atoms with Gasteiger partial charge in [-0.2, -0.15) is 0 Å². The van der Waals surface area contributed by atoms with Crippen LogP contribution >= 0.6 is 0 Å². The van der Waals surface area contributed by atoms with Crippen LogP contribution in [-0.4, -0.2) is 0 Å². The molecule has 1 aliphatic rings. The number of allylic oxidation sites excluding steroid dienone is 2. The van der Waals surface area contributed by atoms with Crippen LogP contribution in [0.1, 0.15) is 74.1 Å². The van der Waals surface area contributed by atoms with Crippen molar-refractivity contribution in [1.82, 2.24) is 0 Å². The molecular weight excluding hydrogens is 228 g/mol. The van der Waals surface area contributed by atoms with E-state index in [1.165, 1.54) is 36.8 Å². The summed E-state index contributed by atoms with van der Waals surface area (Å²) >= 11 is 0. The molecule has 3 unspecified atom stereocenters. The fraction of sp³-hybridized carbons (Fsp3) is 0.789. The van der Waals surface area contributed by atoms with Crippen molar-refractivity contribution in [1.29, 1.82) is 0 Å². The Morgan fingerprint density at radius 1 is 1.16 bits per heavy atom. The first-order chi connectivity index (χ1) is 8.59. The van der Waals surface area contributed by atoms with Gasteiger partial charge in [0.15, 0.2) is 0 Å². The highest BCUT2D eigenvalue weighted by Crippen LogP contribution is 2.78. The van der Waals surface area contributed by atoms with E-state index in [1.54, 1.807) is 0 Å². The minimum atomic E-state index is 0.306. The molecule has 3 atom stereocenters. The van der Waals surface area contributed by atoms with Gasteiger partial charge in [0.2, 0.25) is 0 Å². The minimum Gasteiger partial charge on any atom is -0.0998 e. The molecule has 1 saturated carbocycles. The molecule has 0 nitrogen and oxygen atoms in total. The molecule has 0 heteroatoms. The maximum Gasteiger partial charge on any atom is 0.00370 e. The molecule has 19 heavy (non-hydrogen) atoms. The summed E-state index contributed by atoms with van der Waals surface area (Å²) in [5, 5.41) is 0. The number of rotatable bonds is 7. The van der Waals surface area contributed by atoms with E-state index in [4.69, 9.17) is 0 Å². The second-order valence-corrected chi connectivity index (χ2v) is 7.82. The number of hydrogen-bond acceptors (Lipinski definition) is 0. The van der Waals surface area contributed by atoms with Crippen molar-refractivity contribution < 1.29 is 0 Å². The van der Waals surface area contributed by atoms with Gasteiger partial charge in [0.25, 0.3) is 0 Å². The highest BCUT2D eigenvalue weighted by atomic mass is 14.7. The van der Waals surface area contributed by atoms with E-state index >= 15 is 0 Å². The van der Waals surface area contributed by atoms with Crippen molar-refractivity contribution in [2.45, 2.75) is 74.1 Å². The van der Waals surface area contributed by atoms with Crippen LogP contribution in [-0.2, 0) is 0 Å². The van der Waals surface area contributed by atoms with Crippen LogP contribution in [0, 0.1) is 22.2 Å². The zero-order valence-corrected chi connectivity index (χ0v) is 14.3. The lowest BCUT2D eigenvalue weighted by Gasteiger charge is -2.29. The minimum absolute atomic E-state index is 0.306. The largest absolute Gasteiger partial charge is 0.0998 e. The van der Waals surface area contributed by atoms with Crippen molar-refractivity contribution in [2.75, 3.05) is 0 Å². The summed E-state index contributed by atoms with van der Waals surface area (Å²) in [6.07, 6.45) is 5.03. The first kappa shape index (κ1) is 16.5. The van der Waals surface area contributed by atoms with Crippen molar-refractivity contribution >= 4 is 0 Å². The summed E-state index contributed by atoms with van der Waals surface area (Å²) in [4.78, 5) is 0. The molecule has 0 aromatic carbocycles. The van der Waals surface area contributed by atoms with Gasteiger partial charge in [0.05, 0.1) is 0 Å². The second kappa shape index (κ2) is 5.11. The third-order valence-corrected chi connectivity index (χ3v) is 6.21. The Bertz CT molecular complexity index is 373. The Balaban J connectivity index is 3.01. The lowest BCUT2D eigenvalue weighted by Crippen LogP contribution is -2.18. The summed E-state index contributed by atoms with van der Waals surface area (Å²) in [5.74, 6) is 0.634. The normalized spacial score (nSPS) is 34.2. The third-order valence-electron chi connectivity index (χ3n) is 6.21. The van der Waals surface area contributed by atoms with Crippen molar-refractivity contribution in [3.05, 3.63) is 24.3 Å². The van der Waals surface area contributed by atoms with Gasteiger partial charge < -0.3 is 0 Å².